The summed E-state index contributed by atoms with van der Waals surface area (Å²) in [5.41, 5.74) is 3.73. The van der Waals surface area contributed by atoms with Gasteiger partial charge in [0.25, 0.3) is 0 Å². The van der Waals surface area contributed by atoms with Crippen molar-refractivity contribution in [2.45, 2.75) is 18.6 Å². The summed E-state index contributed by atoms with van der Waals surface area (Å²) in [6.07, 6.45) is 0.568. The third-order valence-electron chi connectivity index (χ3n) is 4.23. The van der Waals surface area contributed by atoms with Crippen LogP contribution in [0.1, 0.15) is 17.2 Å². The van der Waals surface area contributed by atoms with Gasteiger partial charge >= 0.3 is 0 Å². The van der Waals surface area contributed by atoms with Gasteiger partial charge in [-0.25, -0.2) is 0 Å². The maximum absolute atomic E-state index is 10.7. The number of nitrogens with zero attached hydrogens (tertiary/aromatic N) is 1. The third kappa shape index (κ3) is 3.05. The molecule has 1 aliphatic heterocycles. The second kappa shape index (κ2) is 6.82. The molecule has 0 saturated heterocycles. The number of benzene rings is 2. The summed E-state index contributed by atoms with van der Waals surface area (Å²) < 4.78 is 1.04. The number of rotatable bonds is 5. The maximum Gasteiger partial charge on any atom is 0.0909 e. The molecule has 116 valence electrons. The first kappa shape index (κ1) is 15.5. The van der Waals surface area contributed by atoms with Crippen LogP contribution in [0.25, 0.3) is 0 Å². The Balaban J connectivity index is 2.00. The van der Waals surface area contributed by atoms with Crippen molar-refractivity contribution in [1.82, 2.24) is 5.32 Å². The summed E-state index contributed by atoms with van der Waals surface area (Å²) in [5.74, 6) is 0. The van der Waals surface area contributed by atoms with Gasteiger partial charge < -0.3 is 15.3 Å². The van der Waals surface area contributed by atoms with E-state index in [-0.39, 0.29) is 6.04 Å². The number of likely N-dealkylation sites (N-methyl/N-ethyl adjacent to an activating group) is 1. The zero-order valence-electron chi connectivity index (χ0n) is 12.7. The molecule has 0 bridgehead atoms. The van der Waals surface area contributed by atoms with Crippen LogP contribution >= 0.6 is 15.9 Å². The highest BCUT2D eigenvalue weighted by molar-refractivity contribution is 9.10. The van der Waals surface area contributed by atoms with Crippen molar-refractivity contribution in [1.29, 1.82) is 0 Å². The third-order valence-corrected chi connectivity index (χ3v) is 4.72. The van der Waals surface area contributed by atoms with Crippen LogP contribution in [0.15, 0.2) is 53.0 Å². The molecular weight excluding hydrogens is 340 g/mol. The topological polar surface area (TPSA) is 35.5 Å². The molecule has 2 aromatic rings. The monoisotopic (exact) mass is 360 g/mol. The van der Waals surface area contributed by atoms with Gasteiger partial charge in [0, 0.05) is 23.2 Å². The molecule has 0 spiro atoms. The van der Waals surface area contributed by atoms with Crippen molar-refractivity contribution >= 4 is 21.6 Å². The van der Waals surface area contributed by atoms with Gasteiger partial charge in [-0.1, -0.05) is 46.3 Å². The van der Waals surface area contributed by atoms with Gasteiger partial charge in [-0.2, -0.15) is 0 Å². The lowest BCUT2D eigenvalue weighted by molar-refractivity contribution is 0.141. The van der Waals surface area contributed by atoms with Crippen LogP contribution < -0.4 is 10.2 Å². The van der Waals surface area contributed by atoms with Gasteiger partial charge in [0.1, 0.15) is 0 Å². The van der Waals surface area contributed by atoms with Gasteiger partial charge in [0.15, 0.2) is 0 Å². The predicted octanol–water partition coefficient (Wildman–Crippen LogP) is 3.13. The number of aliphatic hydroxyl groups is 1. The highest BCUT2D eigenvalue weighted by Gasteiger charge is 2.31. The van der Waals surface area contributed by atoms with E-state index < -0.39 is 6.10 Å². The molecule has 0 fully saturated rings. The first-order valence-corrected chi connectivity index (χ1v) is 8.42. The minimum absolute atomic E-state index is 0.0476. The molecule has 1 heterocycles. The van der Waals surface area contributed by atoms with Crippen LogP contribution in [-0.4, -0.2) is 31.3 Å². The molecule has 0 amide bonds. The van der Waals surface area contributed by atoms with E-state index in [1.807, 2.05) is 19.2 Å². The summed E-state index contributed by atoms with van der Waals surface area (Å²) >= 11 is 3.54. The Morgan fingerprint density at radius 3 is 2.82 bits per heavy atom. The van der Waals surface area contributed by atoms with Crippen LogP contribution in [-0.2, 0) is 6.42 Å². The Kier molecular flexibility index (Phi) is 4.81. The summed E-state index contributed by atoms with van der Waals surface area (Å²) in [7, 11) is 1.87. The summed E-state index contributed by atoms with van der Waals surface area (Å²) in [6, 6.07) is 16.7. The molecule has 3 rings (SSSR count). The number of hydrogen-bond donors (Lipinski definition) is 2. The molecule has 0 radical (unpaired) electrons. The van der Waals surface area contributed by atoms with Crippen molar-refractivity contribution in [3.63, 3.8) is 0 Å². The summed E-state index contributed by atoms with van der Waals surface area (Å²) in [5, 5.41) is 13.8. The van der Waals surface area contributed by atoms with E-state index in [4.69, 9.17) is 0 Å². The van der Waals surface area contributed by atoms with Crippen molar-refractivity contribution in [3.8, 4) is 0 Å². The average molecular weight is 361 g/mol. The van der Waals surface area contributed by atoms with Gasteiger partial charge in [0.2, 0.25) is 0 Å². The number of aliphatic hydroxyl groups excluding tert-OH is 1. The van der Waals surface area contributed by atoms with Crippen molar-refractivity contribution in [2.24, 2.45) is 0 Å². The number of anilines is 1. The van der Waals surface area contributed by atoms with E-state index in [2.05, 4.69) is 62.5 Å². The Morgan fingerprint density at radius 1 is 1.23 bits per heavy atom. The summed E-state index contributed by atoms with van der Waals surface area (Å²) in [4.78, 5) is 2.33. The molecule has 0 aliphatic carbocycles. The van der Waals surface area contributed by atoms with E-state index in [1.165, 1.54) is 11.3 Å². The Labute approximate surface area is 140 Å². The molecule has 1 aliphatic rings. The number of nitrogens with one attached hydrogen (secondary N) is 1. The average Bonchev–Trinajstić information content (AvgIpc) is 2.92. The lowest BCUT2D eigenvalue weighted by Gasteiger charge is -2.34. The molecule has 2 N–H and O–H groups in total. The second-order valence-electron chi connectivity index (χ2n) is 5.70. The fraction of sp³-hybridized carbons (Fsp3) is 0.333. The molecule has 4 heteroatoms. The lowest BCUT2D eigenvalue weighted by Crippen LogP contribution is -2.40. The fourth-order valence-corrected chi connectivity index (χ4v) is 3.69. The van der Waals surface area contributed by atoms with E-state index in [9.17, 15) is 5.11 Å². The Hall–Kier alpha value is -1.36. The van der Waals surface area contributed by atoms with Gasteiger partial charge in [-0.15, -0.1) is 0 Å². The quantitative estimate of drug-likeness (QED) is 0.859. The Morgan fingerprint density at radius 2 is 2.05 bits per heavy atom. The second-order valence-corrected chi connectivity index (χ2v) is 6.61. The van der Waals surface area contributed by atoms with Crippen LogP contribution in [0.4, 0.5) is 5.69 Å². The first-order valence-electron chi connectivity index (χ1n) is 7.63. The smallest absolute Gasteiger partial charge is 0.0909 e. The van der Waals surface area contributed by atoms with Crippen molar-refractivity contribution in [2.75, 3.05) is 25.0 Å². The molecule has 0 aromatic heterocycles. The molecule has 1 unspecified atom stereocenters. The van der Waals surface area contributed by atoms with E-state index in [0.29, 0.717) is 6.54 Å². The molecule has 22 heavy (non-hydrogen) atoms. The predicted molar refractivity (Wildman–Crippen MR) is 94.3 cm³/mol. The van der Waals surface area contributed by atoms with Crippen LogP contribution in [0.5, 0.6) is 0 Å². The number of halogens is 1. The van der Waals surface area contributed by atoms with Gasteiger partial charge in [0.05, 0.1) is 12.1 Å². The van der Waals surface area contributed by atoms with E-state index >= 15 is 0 Å². The standard InChI is InChI=1S/C18H21BrN2O/c1-20-12-17(22)18(14-6-4-7-15(19)11-14)21-10-9-13-5-2-3-8-16(13)21/h2-8,11,17-18,20,22H,9-10,12H2,1H3/t17?,18-/m0/s1. The maximum atomic E-state index is 10.7. The van der Waals surface area contributed by atoms with E-state index in [0.717, 1.165) is 23.0 Å². The number of hydrogen-bond acceptors (Lipinski definition) is 3. The lowest BCUT2D eigenvalue weighted by atomic mass is 9.99. The highest BCUT2D eigenvalue weighted by atomic mass is 79.9. The molecule has 2 aromatic carbocycles. The molecule has 0 saturated carbocycles. The summed E-state index contributed by atoms with van der Waals surface area (Å²) in [6.45, 7) is 1.51. The molecule has 3 nitrogen and oxygen atoms in total. The molecule has 2 atom stereocenters. The van der Waals surface area contributed by atoms with Gasteiger partial charge in [-0.3, -0.25) is 0 Å². The van der Waals surface area contributed by atoms with Gasteiger partial charge in [-0.05, 0) is 42.8 Å². The number of fused-ring (bicyclic) bond motifs is 1. The van der Waals surface area contributed by atoms with Crippen molar-refractivity contribution < 1.29 is 5.11 Å². The SMILES string of the molecule is CNCC(O)[C@H](c1cccc(Br)c1)N1CCc2ccccc21. The van der Waals surface area contributed by atoms with Crippen LogP contribution in [0.3, 0.4) is 0 Å². The fourth-order valence-electron chi connectivity index (χ4n) is 3.27. The molecular formula is C18H21BrN2O. The van der Waals surface area contributed by atoms with Crippen molar-refractivity contribution in [3.05, 3.63) is 64.1 Å². The first-order chi connectivity index (χ1) is 10.7. The minimum atomic E-state index is -0.467. The van der Waals surface area contributed by atoms with E-state index in [1.54, 1.807) is 0 Å². The zero-order valence-corrected chi connectivity index (χ0v) is 14.3. The Bertz CT molecular complexity index is 646. The number of para-hydroxylation sites is 1. The van der Waals surface area contributed by atoms with Crippen LogP contribution in [0.2, 0.25) is 0 Å². The normalized spacial score (nSPS) is 16.4. The zero-order chi connectivity index (χ0) is 15.5. The van der Waals surface area contributed by atoms with Crippen LogP contribution in [0, 0.1) is 0 Å². The largest absolute Gasteiger partial charge is 0.389 e. The highest BCUT2D eigenvalue weighted by Crippen LogP contribution is 2.37. The minimum Gasteiger partial charge on any atom is -0.389 e.